The topological polar surface area (TPSA) is 24.1 Å². The molecule has 2 nitrogen and oxygen atoms in total. The molecule has 0 spiro atoms. The molecule has 82 valence electrons. The summed E-state index contributed by atoms with van der Waals surface area (Å²) < 4.78 is 0. The van der Waals surface area contributed by atoms with E-state index in [0.717, 1.165) is 13.1 Å². The third-order valence-electron chi connectivity index (χ3n) is 3.14. The minimum atomic E-state index is 0.673. The van der Waals surface area contributed by atoms with Gasteiger partial charge in [0.1, 0.15) is 0 Å². The van der Waals surface area contributed by atoms with Crippen molar-refractivity contribution in [3.63, 3.8) is 0 Å². The highest BCUT2D eigenvalue weighted by Crippen LogP contribution is 2.31. The molecule has 0 saturated carbocycles. The van der Waals surface area contributed by atoms with E-state index in [9.17, 15) is 0 Å². The van der Waals surface area contributed by atoms with Crippen LogP contribution < -0.4 is 10.6 Å². The standard InChI is InChI=1S/C13H20N2/c1-10-9-15-13-8-11(4-3-7-14-2)5-6-12(10)13/h5-6,8,10,14-15H,3-4,7,9H2,1-2H3. The average molecular weight is 204 g/mol. The molecule has 1 heterocycles. The molecule has 0 fully saturated rings. The van der Waals surface area contributed by atoms with Crippen molar-refractivity contribution in [2.45, 2.75) is 25.7 Å². The number of anilines is 1. The maximum absolute atomic E-state index is 3.47. The summed E-state index contributed by atoms with van der Waals surface area (Å²) in [6.45, 7) is 4.47. The van der Waals surface area contributed by atoms with Crippen LogP contribution in [0, 0.1) is 0 Å². The van der Waals surface area contributed by atoms with Gasteiger partial charge in [0.25, 0.3) is 0 Å². The van der Waals surface area contributed by atoms with E-state index in [1.54, 1.807) is 0 Å². The van der Waals surface area contributed by atoms with E-state index >= 15 is 0 Å². The smallest absolute Gasteiger partial charge is 0.0379 e. The minimum Gasteiger partial charge on any atom is -0.384 e. The van der Waals surface area contributed by atoms with Crippen LogP contribution in [0.15, 0.2) is 18.2 Å². The Labute approximate surface area is 92.1 Å². The van der Waals surface area contributed by atoms with Gasteiger partial charge in [0.2, 0.25) is 0 Å². The summed E-state index contributed by atoms with van der Waals surface area (Å²) in [5.41, 5.74) is 4.28. The highest BCUT2D eigenvalue weighted by Gasteiger charge is 2.17. The molecule has 2 N–H and O–H groups in total. The number of fused-ring (bicyclic) bond motifs is 1. The Hall–Kier alpha value is -1.02. The molecule has 15 heavy (non-hydrogen) atoms. The first-order valence-electron chi connectivity index (χ1n) is 5.82. The van der Waals surface area contributed by atoms with Gasteiger partial charge in [0.05, 0.1) is 0 Å². The molecule has 0 aromatic heterocycles. The van der Waals surface area contributed by atoms with Gasteiger partial charge in [-0.25, -0.2) is 0 Å². The molecular formula is C13H20N2. The second kappa shape index (κ2) is 4.67. The summed E-state index contributed by atoms with van der Waals surface area (Å²) in [6.07, 6.45) is 2.38. The number of hydrogen-bond donors (Lipinski definition) is 2. The van der Waals surface area contributed by atoms with Crippen LogP contribution in [0.2, 0.25) is 0 Å². The number of aryl methyl sites for hydroxylation is 1. The molecule has 0 saturated heterocycles. The normalized spacial score (nSPS) is 18.7. The largest absolute Gasteiger partial charge is 0.384 e. The van der Waals surface area contributed by atoms with Crippen LogP contribution in [0.3, 0.4) is 0 Å². The summed E-state index contributed by atoms with van der Waals surface area (Å²) in [5, 5.41) is 6.65. The van der Waals surface area contributed by atoms with Crippen molar-refractivity contribution >= 4 is 5.69 Å². The number of hydrogen-bond acceptors (Lipinski definition) is 2. The van der Waals surface area contributed by atoms with E-state index in [-0.39, 0.29) is 0 Å². The molecule has 1 aromatic carbocycles. The van der Waals surface area contributed by atoms with Crippen LogP contribution in [0.25, 0.3) is 0 Å². The summed E-state index contributed by atoms with van der Waals surface area (Å²) in [6, 6.07) is 6.88. The van der Waals surface area contributed by atoms with Crippen molar-refractivity contribution in [2.24, 2.45) is 0 Å². The van der Waals surface area contributed by atoms with E-state index in [1.807, 2.05) is 7.05 Å². The van der Waals surface area contributed by atoms with Crippen molar-refractivity contribution in [1.29, 1.82) is 0 Å². The van der Waals surface area contributed by atoms with E-state index in [2.05, 4.69) is 35.8 Å². The van der Waals surface area contributed by atoms with Crippen molar-refractivity contribution in [2.75, 3.05) is 25.5 Å². The average Bonchev–Trinajstić information content (AvgIpc) is 2.61. The molecule has 1 atom stereocenters. The van der Waals surface area contributed by atoms with E-state index < -0.39 is 0 Å². The predicted octanol–water partition coefficient (Wildman–Crippen LogP) is 2.37. The third-order valence-corrected chi connectivity index (χ3v) is 3.14. The maximum atomic E-state index is 3.47. The summed E-state index contributed by atoms with van der Waals surface area (Å²) in [7, 11) is 2.01. The van der Waals surface area contributed by atoms with Gasteiger partial charge < -0.3 is 10.6 Å². The first-order valence-corrected chi connectivity index (χ1v) is 5.82. The predicted molar refractivity (Wildman–Crippen MR) is 65.6 cm³/mol. The molecule has 1 aliphatic heterocycles. The van der Waals surface area contributed by atoms with Gasteiger partial charge in [-0.3, -0.25) is 0 Å². The van der Waals surface area contributed by atoms with Gasteiger partial charge in [-0.15, -0.1) is 0 Å². The Kier molecular flexibility index (Phi) is 3.27. The number of benzene rings is 1. The SMILES string of the molecule is CNCCCc1ccc2c(c1)NCC2C. The fourth-order valence-electron chi connectivity index (χ4n) is 2.18. The third kappa shape index (κ3) is 2.32. The van der Waals surface area contributed by atoms with Gasteiger partial charge >= 0.3 is 0 Å². The second-order valence-corrected chi connectivity index (χ2v) is 4.41. The lowest BCUT2D eigenvalue weighted by atomic mass is 10.0. The molecule has 0 bridgehead atoms. The summed E-state index contributed by atoms with van der Waals surface area (Å²) in [5.74, 6) is 0.673. The molecule has 1 unspecified atom stereocenters. The Balaban J connectivity index is 2.03. The van der Waals surface area contributed by atoms with Crippen molar-refractivity contribution in [3.05, 3.63) is 29.3 Å². The summed E-state index contributed by atoms with van der Waals surface area (Å²) >= 11 is 0. The lowest BCUT2D eigenvalue weighted by molar-refractivity contribution is 0.725. The second-order valence-electron chi connectivity index (χ2n) is 4.41. The monoisotopic (exact) mass is 204 g/mol. The van der Waals surface area contributed by atoms with Crippen LogP contribution in [0.5, 0.6) is 0 Å². The van der Waals surface area contributed by atoms with Crippen LogP contribution >= 0.6 is 0 Å². The fourth-order valence-corrected chi connectivity index (χ4v) is 2.18. The van der Waals surface area contributed by atoms with Gasteiger partial charge in [-0.05, 0) is 43.6 Å². The molecule has 2 rings (SSSR count). The van der Waals surface area contributed by atoms with Crippen molar-refractivity contribution < 1.29 is 0 Å². The zero-order chi connectivity index (χ0) is 10.7. The highest BCUT2D eigenvalue weighted by molar-refractivity contribution is 5.59. The quantitative estimate of drug-likeness (QED) is 0.736. The zero-order valence-corrected chi connectivity index (χ0v) is 9.64. The molecular weight excluding hydrogens is 184 g/mol. The molecule has 1 aromatic rings. The number of rotatable bonds is 4. The molecule has 1 aliphatic rings. The molecule has 0 amide bonds. The van der Waals surface area contributed by atoms with Crippen molar-refractivity contribution in [1.82, 2.24) is 5.32 Å². The Morgan fingerprint density at radius 2 is 2.33 bits per heavy atom. The van der Waals surface area contributed by atoms with Gasteiger partial charge in [0, 0.05) is 18.2 Å². The molecule has 0 aliphatic carbocycles. The first kappa shape index (κ1) is 10.5. The number of nitrogens with one attached hydrogen (secondary N) is 2. The first-order chi connectivity index (χ1) is 7.31. The van der Waals surface area contributed by atoms with Crippen LogP contribution in [-0.4, -0.2) is 20.1 Å². The minimum absolute atomic E-state index is 0.673. The lowest BCUT2D eigenvalue weighted by Gasteiger charge is -2.06. The van der Waals surface area contributed by atoms with Gasteiger partial charge in [-0.2, -0.15) is 0 Å². The van der Waals surface area contributed by atoms with E-state index in [4.69, 9.17) is 0 Å². The van der Waals surface area contributed by atoms with Crippen LogP contribution in [0.4, 0.5) is 5.69 Å². The summed E-state index contributed by atoms with van der Waals surface area (Å²) in [4.78, 5) is 0. The Morgan fingerprint density at radius 1 is 1.47 bits per heavy atom. The Bertz CT molecular complexity index is 333. The van der Waals surface area contributed by atoms with E-state index in [1.165, 1.54) is 29.7 Å². The van der Waals surface area contributed by atoms with Gasteiger partial charge in [0.15, 0.2) is 0 Å². The lowest BCUT2D eigenvalue weighted by Crippen LogP contribution is -2.08. The van der Waals surface area contributed by atoms with Crippen LogP contribution in [0.1, 0.15) is 30.4 Å². The van der Waals surface area contributed by atoms with Crippen molar-refractivity contribution in [3.8, 4) is 0 Å². The van der Waals surface area contributed by atoms with Crippen LogP contribution in [-0.2, 0) is 6.42 Å². The fraction of sp³-hybridized carbons (Fsp3) is 0.538. The molecule has 0 radical (unpaired) electrons. The highest BCUT2D eigenvalue weighted by atomic mass is 14.9. The Morgan fingerprint density at radius 3 is 3.13 bits per heavy atom. The maximum Gasteiger partial charge on any atom is 0.0379 e. The molecule has 2 heteroatoms. The van der Waals surface area contributed by atoms with Gasteiger partial charge in [-0.1, -0.05) is 19.1 Å². The zero-order valence-electron chi connectivity index (χ0n) is 9.64. The van der Waals surface area contributed by atoms with E-state index in [0.29, 0.717) is 5.92 Å².